The smallest absolute Gasteiger partial charge is 0.305 e. The lowest BCUT2D eigenvalue weighted by molar-refractivity contribution is -0.137. The van der Waals surface area contributed by atoms with Crippen LogP contribution in [0.2, 0.25) is 0 Å². The fourth-order valence-corrected chi connectivity index (χ4v) is 1.49. The van der Waals surface area contributed by atoms with Crippen LogP contribution >= 0.6 is 0 Å². The summed E-state index contributed by atoms with van der Waals surface area (Å²) >= 11 is 0. The second kappa shape index (κ2) is 6.12. The lowest BCUT2D eigenvalue weighted by Crippen LogP contribution is -2.24. The van der Waals surface area contributed by atoms with Gasteiger partial charge in [-0.1, -0.05) is 13.3 Å². The first kappa shape index (κ1) is 13.3. The van der Waals surface area contributed by atoms with Crippen molar-refractivity contribution in [2.45, 2.75) is 46.1 Å². The molecule has 0 aromatic carbocycles. The predicted molar refractivity (Wildman–Crippen MR) is 63.9 cm³/mol. The zero-order chi connectivity index (χ0) is 12.8. The molecule has 0 fully saturated rings. The minimum absolute atomic E-state index is 0.0596. The van der Waals surface area contributed by atoms with Crippen molar-refractivity contribution >= 4 is 11.9 Å². The van der Waals surface area contributed by atoms with E-state index in [-0.39, 0.29) is 12.5 Å². The summed E-state index contributed by atoms with van der Waals surface area (Å²) in [6.45, 7) is 5.69. The van der Waals surface area contributed by atoms with E-state index in [1.807, 2.05) is 20.8 Å². The maximum Gasteiger partial charge on any atom is 0.305 e. The minimum Gasteiger partial charge on any atom is -0.481 e. The highest BCUT2D eigenvalue weighted by atomic mass is 16.4. The molecule has 0 aliphatic carbocycles. The Morgan fingerprint density at radius 1 is 1.35 bits per heavy atom. The molecule has 94 valence electrons. The normalized spacial score (nSPS) is 12.2. The van der Waals surface area contributed by atoms with E-state index in [9.17, 15) is 4.79 Å². The van der Waals surface area contributed by atoms with E-state index in [1.54, 1.807) is 0 Å². The molecule has 0 amide bonds. The average molecular weight is 238 g/mol. The van der Waals surface area contributed by atoms with E-state index < -0.39 is 5.97 Å². The molecule has 0 radical (unpaired) electrons. The fourth-order valence-electron chi connectivity index (χ4n) is 1.49. The Balaban J connectivity index is 2.71. The van der Waals surface area contributed by atoms with Gasteiger partial charge in [-0.25, -0.2) is 4.98 Å². The van der Waals surface area contributed by atoms with Gasteiger partial charge < -0.3 is 10.4 Å². The highest BCUT2D eigenvalue weighted by molar-refractivity contribution is 5.68. The van der Waals surface area contributed by atoms with Crippen molar-refractivity contribution in [1.29, 1.82) is 0 Å². The zero-order valence-electron chi connectivity index (χ0n) is 10.4. The summed E-state index contributed by atoms with van der Waals surface area (Å²) in [7, 11) is 0. The highest BCUT2D eigenvalue weighted by Crippen LogP contribution is 2.09. The predicted octanol–water partition coefficient (Wildman–Crippen LogP) is 1.54. The molecule has 2 N–H and O–H groups in total. The van der Waals surface area contributed by atoms with Crippen LogP contribution in [-0.2, 0) is 4.79 Å². The van der Waals surface area contributed by atoms with Crippen LogP contribution in [0.3, 0.4) is 0 Å². The molecule has 6 nitrogen and oxygen atoms in total. The maximum atomic E-state index is 10.7. The van der Waals surface area contributed by atoms with Gasteiger partial charge in [-0.3, -0.25) is 4.79 Å². The molecule has 1 heterocycles. The molecular formula is C11H18N4O2. The van der Waals surface area contributed by atoms with E-state index in [1.165, 1.54) is 0 Å². The van der Waals surface area contributed by atoms with Gasteiger partial charge in [0, 0.05) is 6.04 Å². The number of carbonyl (C=O) groups is 1. The van der Waals surface area contributed by atoms with Gasteiger partial charge >= 0.3 is 5.97 Å². The van der Waals surface area contributed by atoms with Gasteiger partial charge in [-0.2, -0.15) is 5.10 Å². The van der Waals surface area contributed by atoms with Gasteiger partial charge in [-0.15, -0.1) is 5.10 Å². The van der Waals surface area contributed by atoms with Crippen LogP contribution in [0.15, 0.2) is 0 Å². The molecule has 1 atom stereocenters. The highest BCUT2D eigenvalue weighted by Gasteiger charge is 2.13. The van der Waals surface area contributed by atoms with Gasteiger partial charge in [-0.05, 0) is 20.3 Å². The number of hydrogen-bond acceptors (Lipinski definition) is 5. The Bertz CT molecular complexity index is 395. The van der Waals surface area contributed by atoms with Crippen LogP contribution in [-0.4, -0.2) is 32.3 Å². The molecule has 17 heavy (non-hydrogen) atoms. The van der Waals surface area contributed by atoms with Crippen molar-refractivity contribution in [3.63, 3.8) is 0 Å². The molecule has 0 saturated carbocycles. The molecule has 0 spiro atoms. The number of nitrogens with zero attached hydrogens (tertiary/aromatic N) is 3. The SMILES string of the molecule is CCCC(CC(=O)O)Nc1nnc(C)c(C)n1. The first-order valence-corrected chi connectivity index (χ1v) is 5.69. The Hall–Kier alpha value is -1.72. The van der Waals surface area contributed by atoms with E-state index in [2.05, 4.69) is 20.5 Å². The molecule has 0 bridgehead atoms. The Labute approximate surface area is 100 Å². The summed E-state index contributed by atoms with van der Waals surface area (Å²) in [5.74, 6) is -0.430. The van der Waals surface area contributed by atoms with Crippen LogP contribution in [0.4, 0.5) is 5.95 Å². The summed E-state index contributed by atoms with van der Waals surface area (Å²) in [6, 6.07) is -0.151. The number of hydrogen-bond donors (Lipinski definition) is 2. The van der Waals surface area contributed by atoms with Gasteiger partial charge in [0.25, 0.3) is 0 Å². The third-order valence-electron chi connectivity index (χ3n) is 2.48. The van der Waals surface area contributed by atoms with E-state index in [0.29, 0.717) is 5.95 Å². The maximum absolute atomic E-state index is 10.7. The van der Waals surface area contributed by atoms with Crippen molar-refractivity contribution in [2.24, 2.45) is 0 Å². The van der Waals surface area contributed by atoms with Crippen LogP contribution in [0.1, 0.15) is 37.6 Å². The molecule has 1 rings (SSSR count). The summed E-state index contributed by atoms with van der Waals surface area (Å²) in [6.07, 6.45) is 1.73. The van der Waals surface area contributed by atoms with Crippen molar-refractivity contribution < 1.29 is 9.90 Å². The van der Waals surface area contributed by atoms with Crippen LogP contribution in [0, 0.1) is 13.8 Å². The van der Waals surface area contributed by atoms with E-state index in [0.717, 1.165) is 24.2 Å². The quantitative estimate of drug-likeness (QED) is 0.781. The van der Waals surface area contributed by atoms with E-state index in [4.69, 9.17) is 5.11 Å². The molecule has 6 heteroatoms. The molecule has 1 aromatic rings. The number of rotatable bonds is 6. The second-order valence-corrected chi connectivity index (χ2v) is 4.03. The number of aliphatic carboxylic acids is 1. The van der Waals surface area contributed by atoms with Crippen LogP contribution in [0.25, 0.3) is 0 Å². The van der Waals surface area contributed by atoms with Gasteiger partial charge in [0.15, 0.2) is 0 Å². The molecule has 0 aliphatic heterocycles. The summed E-state index contributed by atoms with van der Waals surface area (Å²) in [4.78, 5) is 14.9. The van der Waals surface area contributed by atoms with Crippen LogP contribution < -0.4 is 5.32 Å². The monoisotopic (exact) mass is 238 g/mol. The Morgan fingerprint density at radius 2 is 2.06 bits per heavy atom. The first-order valence-electron chi connectivity index (χ1n) is 5.69. The lowest BCUT2D eigenvalue weighted by atomic mass is 10.1. The molecule has 1 unspecified atom stereocenters. The molecule has 0 saturated heterocycles. The van der Waals surface area contributed by atoms with E-state index >= 15 is 0 Å². The summed E-state index contributed by atoms with van der Waals surface area (Å²) in [5.41, 5.74) is 1.58. The van der Waals surface area contributed by atoms with Gasteiger partial charge in [0.1, 0.15) is 0 Å². The number of nitrogens with one attached hydrogen (secondary N) is 1. The fraction of sp³-hybridized carbons (Fsp3) is 0.636. The molecule has 0 aliphatic rings. The summed E-state index contributed by atoms with van der Waals surface area (Å²) in [5, 5.41) is 19.7. The average Bonchev–Trinajstić information content (AvgIpc) is 2.23. The first-order chi connectivity index (χ1) is 8.02. The standard InChI is InChI=1S/C11H18N4O2/c1-4-5-9(6-10(16)17)13-11-12-7(2)8(3)14-15-11/h9H,4-6H2,1-3H3,(H,16,17)(H,12,13,15). The number of aromatic nitrogens is 3. The third kappa shape index (κ3) is 4.34. The largest absolute Gasteiger partial charge is 0.481 e. The Kier molecular flexibility index (Phi) is 4.81. The molecular weight excluding hydrogens is 220 g/mol. The van der Waals surface area contributed by atoms with Gasteiger partial charge in [0.2, 0.25) is 5.95 Å². The lowest BCUT2D eigenvalue weighted by Gasteiger charge is -2.15. The number of anilines is 1. The van der Waals surface area contributed by atoms with Crippen molar-refractivity contribution in [3.05, 3.63) is 11.4 Å². The second-order valence-electron chi connectivity index (χ2n) is 4.03. The summed E-state index contributed by atoms with van der Waals surface area (Å²) < 4.78 is 0. The molecule has 1 aromatic heterocycles. The van der Waals surface area contributed by atoms with Crippen LogP contribution in [0.5, 0.6) is 0 Å². The number of aryl methyl sites for hydroxylation is 2. The Morgan fingerprint density at radius 3 is 2.59 bits per heavy atom. The number of carboxylic acids is 1. The van der Waals surface area contributed by atoms with Crippen molar-refractivity contribution in [3.8, 4) is 0 Å². The van der Waals surface area contributed by atoms with Crippen molar-refractivity contribution in [2.75, 3.05) is 5.32 Å². The number of carboxylic acid groups (broad SMARTS) is 1. The third-order valence-corrected chi connectivity index (χ3v) is 2.48. The minimum atomic E-state index is -0.826. The topological polar surface area (TPSA) is 88.0 Å². The van der Waals surface area contributed by atoms with Gasteiger partial charge in [0.05, 0.1) is 17.8 Å². The zero-order valence-corrected chi connectivity index (χ0v) is 10.4. The van der Waals surface area contributed by atoms with Crippen molar-refractivity contribution in [1.82, 2.24) is 15.2 Å².